The number of hydrogen-bond acceptors (Lipinski definition) is 2. The van der Waals surface area contributed by atoms with Crippen molar-refractivity contribution in [2.75, 3.05) is 20.1 Å². The van der Waals surface area contributed by atoms with Crippen LogP contribution in [-0.4, -0.2) is 34.6 Å². The van der Waals surface area contributed by atoms with Crippen LogP contribution in [0.15, 0.2) is 6.33 Å². The molecule has 1 aliphatic heterocycles. The van der Waals surface area contributed by atoms with E-state index in [1.54, 1.807) is 0 Å². The molecule has 2 heterocycles. The Kier molecular flexibility index (Phi) is 1.89. The van der Waals surface area contributed by atoms with Crippen molar-refractivity contribution in [2.24, 2.45) is 7.05 Å². The third-order valence-electron chi connectivity index (χ3n) is 2.61. The summed E-state index contributed by atoms with van der Waals surface area (Å²) in [4.78, 5) is 6.75. The summed E-state index contributed by atoms with van der Waals surface area (Å²) >= 11 is 0. The molecule has 0 saturated carbocycles. The molecule has 0 radical (unpaired) electrons. The number of rotatable bonds is 0. The van der Waals surface area contributed by atoms with Gasteiger partial charge in [-0.05, 0) is 7.05 Å². The molecule has 12 heavy (non-hydrogen) atoms. The van der Waals surface area contributed by atoms with E-state index in [0.29, 0.717) is 0 Å². The number of likely N-dealkylation sites (N-methyl/N-ethyl adjacent to an activating group) is 1. The molecule has 1 aromatic rings. The molecule has 66 valence electrons. The molecule has 0 fully saturated rings. The highest BCUT2D eigenvalue weighted by molar-refractivity contribution is 5.15. The van der Waals surface area contributed by atoms with Crippen molar-refractivity contribution in [1.82, 2.24) is 14.5 Å². The maximum Gasteiger partial charge on any atom is 0.0949 e. The minimum absolute atomic E-state index is 1.10. The molecule has 0 unspecified atom stereocenters. The van der Waals surface area contributed by atoms with Crippen molar-refractivity contribution >= 4 is 0 Å². The lowest BCUT2D eigenvalue weighted by Crippen LogP contribution is -2.21. The Labute approximate surface area is 73.0 Å². The van der Waals surface area contributed by atoms with Gasteiger partial charge in [0.15, 0.2) is 0 Å². The number of hydrogen-bond donors (Lipinski definition) is 0. The lowest BCUT2D eigenvalue weighted by atomic mass is 10.2. The van der Waals surface area contributed by atoms with Crippen LogP contribution in [0.25, 0.3) is 0 Å². The van der Waals surface area contributed by atoms with Crippen molar-refractivity contribution < 1.29 is 0 Å². The molecule has 0 aliphatic carbocycles. The van der Waals surface area contributed by atoms with E-state index >= 15 is 0 Å². The molecule has 0 amide bonds. The Balaban J connectivity index is 2.28. The molecule has 1 aromatic heterocycles. The van der Waals surface area contributed by atoms with E-state index in [2.05, 4.69) is 28.5 Å². The molecular formula is C9H15N3. The van der Waals surface area contributed by atoms with Gasteiger partial charge < -0.3 is 9.47 Å². The summed E-state index contributed by atoms with van der Waals surface area (Å²) in [5.41, 5.74) is 2.71. The van der Waals surface area contributed by atoms with Crippen molar-refractivity contribution in [3.8, 4) is 0 Å². The summed E-state index contributed by atoms with van der Waals surface area (Å²) in [6.45, 7) is 2.30. The SMILES string of the molecule is CN1CCc2ncn(C)c2CC1. The highest BCUT2D eigenvalue weighted by Crippen LogP contribution is 2.12. The average molecular weight is 165 g/mol. The topological polar surface area (TPSA) is 21.1 Å². The number of nitrogens with zero attached hydrogens (tertiary/aromatic N) is 3. The molecular weight excluding hydrogens is 150 g/mol. The van der Waals surface area contributed by atoms with Gasteiger partial charge in [0, 0.05) is 38.7 Å². The van der Waals surface area contributed by atoms with Gasteiger partial charge in [-0.3, -0.25) is 0 Å². The van der Waals surface area contributed by atoms with E-state index in [-0.39, 0.29) is 0 Å². The van der Waals surface area contributed by atoms with Crippen LogP contribution >= 0.6 is 0 Å². The number of imidazole rings is 1. The third kappa shape index (κ3) is 1.25. The fraction of sp³-hybridized carbons (Fsp3) is 0.667. The molecule has 3 heteroatoms. The standard InChI is InChI=1S/C9H15N3/c1-11-5-3-8-9(4-6-11)12(2)7-10-8/h7H,3-6H2,1-2H3. The van der Waals surface area contributed by atoms with Crippen molar-refractivity contribution in [2.45, 2.75) is 12.8 Å². The highest BCUT2D eigenvalue weighted by atomic mass is 15.1. The maximum absolute atomic E-state index is 4.39. The summed E-state index contributed by atoms with van der Waals surface area (Å²) < 4.78 is 2.15. The molecule has 2 rings (SSSR count). The Morgan fingerprint density at radius 2 is 2.00 bits per heavy atom. The summed E-state index contributed by atoms with van der Waals surface area (Å²) in [7, 11) is 4.25. The van der Waals surface area contributed by atoms with E-state index in [4.69, 9.17) is 0 Å². The minimum Gasteiger partial charge on any atom is -0.337 e. The normalized spacial score (nSPS) is 18.8. The maximum atomic E-state index is 4.39. The predicted molar refractivity (Wildman–Crippen MR) is 48.1 cm³/mol. The monoisotopic (exact) mass is 165 g/mol. The van der Waals surface area contributed by atoms with Gasteiger partial charge in [0.25, 0.3) is 0 Å². The Morgan fingerprint density at radius 1 is 1.25 bits per heavy atom. The van der Waals surface area contributed by atoms with E-state index in [9.17, 15) is 0 Å². The molecule has 0 spiro atoms. The first-order chi connectivity index (χ1) is 5.77. The minimum atomic E-state index is 1.10. The quantitative estimate of drug-likeness (QED) is 0.556. The zero-order valence-electron chi connectivity index (χ0n) is 7.75. The average Bonchev–Trinajstić information content (AvgIpc) is 2.28. The van der Waals surface area contributed by atoms with Gasteiger partial charge in [-0.1, -0.05) is 0 Å². The van der Waals surface area contributed by atoms with Crippen LogP contribution < -0.4 is 0 Å². The second-order valence-electron chi connectivity index (χ2n) is 3.55. The van der Waals surface area contributed by atoms with E-state index in [1.165, 1.54) is 11.4 Å². The first-order valence-corrected chi connectivity index (χ1v) is 4.45. The zero-order valence-corrected chi connectivity index (χ0v) is 7.75. The van der Waals surface area contributed by atoms with Gasteiger partial charge in [0.2, 0.25) is 0 Å². The van der Waals surface area contributed by atoms with Crippen LogP contribution in [0.5, 0.6) is 0 Å². The van der Waals surface area contributed by atoms with E-state index in [1.807, 2.05) is 6.33 Å². The van der Waals surface area contributed by atoms with Crippen LogP contribution in [0.2, 0.25) is 0 Å². The summed E-state index contributed by atoms with van der Waals surface area (Å²) in [6.07, 6.45) is 4.17. The van der Waals surface area contributed by atoms with Crippen LogP contribution in [0.3, 0.4) is 0 Å². The first-order valence-electron chi connectivity index (χ1n) is 4.45. The van der Waals surface area contributed by atoms with Crippen molar-refractivity contribution in [3.05, 3.63) is 17.7 Å². The largest absolute Gasteiger partial charge is 0.337 e. The van der Waals surface area contributed by atoms with Crippen molar-refractivity contribution in [3.63, 3.8) is 0 Å². The van der Waals surface area contributed by atoms with Gasteiger partial charge in [0.1, 0.15) is 0 Å². The van der Waals surface area contributed by atoms with Crippen LogP contribution in [-0.2, 0) is 19.9 Å². The second kappa shape index (κ2) is 2.90. The van der Waals surface area contributed by atoms with E-state index < -0.39 is 0 Å². The summed E-state index contributed by atoms with van der Waals surface area (Å²) in [5, 5.41) is 0. The van der Waals surface area contributed by atoms with Gasteiger partial charge in [0.05, 0.1) is 12.0 Å². The fourth-order valence-corrected chi connectivity index (χ4v) is 1.74. The summed E-state index contributed by atoms with van der Waals surface area (Å²) in [5.74, 6) is 0. The smallest absolute Gasteiger partial charge is 0.0949 e. The molecule has 3 nitrogen and oxygen atoms in total. The lowest BCUT2D eigenvalue weighted by molar-refractivity contribution is 0.350. The Hall–Kier alpha value is -0.830. The predicted octanol–water partition coefficient (Wildman–Crippen LogP) is 0.450. The number of fused-ring (bicyclic) bond motifs is 1. The lowest BCUT2D eigenvalue weighted by Gasteiger charge is -2.11. The Morgan fingerprint density at radius 3 is 2.83 bits per heavy atom. The zero-order chi connectivity index (χ0) is 8.55. The molecule has 1 aliphatic rings. The number of aromatic nitrogens is 2. The van der Waals surface area contributed by atoms with Gasteiger partial charge in [-0.2, -0.15) is 0 Å². The van der Waals surface area contributed by atoms with Gasteiger partial charge >= 0.3 is 0 Å². The summed E-state index contributed by atoms with van der Waals surface area (Å²) in [6, 6.07) is 0. The molecule has 0 saturated heterocycles. The van der Waals surface area contributed by atoms with Crippen molar-refractivity contribution in [1.29, 1.82) is 0 Å². The fourth-order valence-electron chi connectivity index (χ4n) is 1.74. The van der Waals surface area contributed by atoms with Gasteiger partial charge in [-0.15, -0.1) is 0 Å². The third-order valence-corrected chi connectivity index (χ3v) is 2.61. The Bertz CT molecular complexity index is 277. The van der Waals surface area contributed by atoms with Crippen LogP contribution in [0, 0.1) is 0 Å². The first kappa shape index (κ1) is 7.80. The van der Waals surface area contributed by atoms with E-state index in [0.717, 1.165) is 25.9 Å². The number of aryl methyl sites for hydroxylation is 1. The molecule has 0 atom stereocenters. The molecule has 0 bridgehead atoms. The molecule has 0 N–H and O–H groups in total. The molecule has 0 aromatic carbocycles. The highest BCUT2D eigenvalue weighted by Gasteiger charge is 2.14. The second-order valence-corrected chi connectivity index (χ2v) is 3.55. The van der Waals surface area contributed by atoms with Crippen LogP contribution in [0.1, 0.15) is 11.4 Å². The van der Waals surface area contributed by atoms with Crippen LogP contribution in [0.4, 0.5) is 0 Å². The van der Waals surface area contributed by atoms with Gasteiger partial charge in [-0.25, -0.2) is 4.98 Å².